The maximum absolute atomic E-state index is 11.7. The van der Waals surface area contributed by atoms with E-state index in [4.69, 9.17) is 24.5 Å². The van der Waals surface area contributed by atoms with Gasteiger partial charge in [-0.2, -0.15) is 0 Å². The van der Waals surface area contributed by atoms with E-state index in [2.05, 4.69) is 26.0 Å². The van der Waals surface area contributed by atoms with Gasteiger partial charge in [-0.25, -0.2) is 0 Å². The molecule has 1 aliphatic rings. The summed E-state index contributed by atoms with van der Waals surface area (Å²) in [5.41, 5.74) is 8.25. The molecule has 1 saturated heterocycles. The average Bonchev–Trinajstić information content (AvgIpc) is 2.64. The van der Waals surface area contributed by atoms with Crippen molar-refractivity contribution in [2.24, 2.45) is 5.11 Å². The molecule has 10 nitrogen and oxygen atoms in total. The largest absolute Gasteiger partial charge is 0.463 e. The third kappa shape index (κ3) is 6.91. The number of halogens is 1. The van der Waals surface area contributed by atoms with E-state index < -0.39 is 47.7 Å². The number of carbonyl (C=O) groups excluding carboxylic acids is 3. The van der Waals surface area contributed by atoms with E-state index in [1.807, 2.05) is 24.3 Å². The summed E-state index contributed by atoms with van der Waals surface area (Å²) < 4.78 is 22.6. The fraction of sp³-hybridized carbons (Fsp3) is 0.500. The van der Waals surface area contributed by atoms with Crippen LogP contribution in [-0.4, -0.2) is 54.3 Å². The second kappa shape index (κ2) is 11.2. The highest BCUT2D eigenvalue weighted by Gasteiger charge is 2.50. The Labute approximate surface area is 185 Å². The van der Waals surface area contributed by atoms with Crippen LogP contribution >= 0.6 is 27.7 Å². The highest BCUT2D eigenvalue weighted by Crippen LogP contribution is 2.38. The molecule has 0 bridgehead atoms. The summed E-state index contributed by atoms with van der Waals surface area (Å²) >= 11 is 4.61. The van der Waals surface area contributed by atoms with Crippen molar-refractivity contribution in [2.45, 2.75) is 55.5 Å². The Morgan fingerprint density at radius 3 is 2.40 bits per heavy atom. The first-order valence-electron chi connectivity index (χ1n) is 8.81. The van der Waals surface area contributed by atoms with Gasteiger partial charge in [0.05, 0.1) is 0 Å². The number of carbonyl (C=O) groups is 3. The Balaban J connectivity index is 2.43. The predicted octanol–water partition coefficient (Wildman–Crippen LogP) is 3.37. The number of esters is 3. The predicted molar refractivity (Wildman–Crippen MR) is 109 cm³/mol. The topological polar surface area (TPSA) is 137 Å². The van der Waals surface area contributed by atoms with Gasteiger partial charge in [0.1, 0.15) is 36.4 Å². The first-order valence-corrected chi connectivity index (χ1v) is 10.5. The van der Waals surface area contributed by atoms with Crippen molar-refractivity contribution in [1.82, 2.24) is 0 Å². The van der Waals surface area contributed by atoms with Gasteiger partial charge in [-0.3, -0.25) is 14.4 Å². The lowest BCUT2D eigenvalue weighted by molar-refractivity contribution is -0.201. The molecule has 2 rings (SSSR count). The molecule has 1 aromatic rings. The zero-order chi connectivity index (χ0) is 22.3. The summed E-state index contributed by atoms with van der Waals surface area (Å²) in [4.78, 5) is 38.3. The zero-order valence-corrected chi connectivity index (χ0v) is 18.8. The fourth-order valence-electron chi connectivity index (χ4n) is 2.84. The summed E-state index contributed by atoms with van der Waals surface area (Å²) in [7, 11) is 0. The van der Waals surface area contributed by atoms with Crippen LogP contribution in [0.15, 0.2) is 38.7 Å². The van der Waals surface area contributed by atoms with Gasteiger partial charge in [-0.15, -0.1) is 0 Å². The molecular formula is C18H20BrN3O7S. The third-order valence-corrected chi connectivity index (χ3v) is 5.54. The number of ether oxygens (including phenoxy) is 4. The third-order valence-electron chi connectivity index (χ3n) is 3.91. The summed E-state index contributed by atoms with van der Waals surface area (Å²) in [5, 5.41) is 3.72. The van der Waals surface area contributed by atoms with Crippen LogP contribution in [0.4, 0.5) is 0 Å². The summed E-state index contributed by atoms with van der Waals surface area (Å²) in [6.07, 6.45) is -3.12. The minimum absolute atomic E-state index is 0.243. The quantitative estimate of drug-likeness (QED) is 0.182. The number of azide groups is 1. The van der Waals surface area contributed by atoms with Crippen LogP contribution in [0.3, 0.4) is 0 Å². The molecule has 1 heterocycles. The van der Waals surface area contributed by atoms with Gasteiger partial charge in [0.15, 0.2) is 0 Å². The molecule has 1 aromatic carbocycles. The highest BCUT2D eigenvalue weighted by atomic mass is 79.9. The van der Waals surface area contributed by atoms with Gasteiger partial charge < -0.3 is 18.9 Å². The molecule has 0 radical (unpaired) electrons. The molecule has 12 heteroatoms. The second-order valence-corrected chi connectivity index (χ2v) is 8.35. The van der Waals surface area contributed by atoms with Crippen molar-refractivity contribution >= 4 is 45.6 Å². The normalized spacial score (nSPS) is 25.5. The van der Waals surface area contributed by atoms with Crippen molar-refractivity contribution in [3.8, 4) is 0 Å². The van der Waals surface area contributed by atoms with Crippen LogP contribution < -0.4 is 0 Å². The van der Waals surface area contributed by atoms with Crippen molar-refractivity contribution in [2.75, 3.05) is 6.61 Å². The molecule has 0 amide bonds. The Morgan fingerprint density at radius 1 is 1.17 bits per heavy atom. The standard InChI is InChI=1S/C18H20BrN3O7S/c1-9(23)26-8-14-16(27-10(2)24)15(21-22-20)17(28-11(3)25)18(29-14)30-13-6-4-5-12(19)7-13/h4-7,14-18H,8H2,1-3H3/t14?,15-,16-,17?,18+/m0/s1. The first kappa shape index (κ1) is 24.0. The van der Waals surface area contributed by atoms with Crippen LogP contribution in [-0.2, 0) is 33.3 Å². The van der Waals surface area contributed by atoms with Gasteiger partial charge in [-0.1, -0.05) is 38.9 Å². The molecule has 5 atom stereocenters. The molecular weight excluding hydrogens is 482 g/mol. The van der Waals surface area contributed by atoms with E-state index in [0.717, 1.165) is 9.37 Å². The van der Waals surface area contributed by atoms with E-state index in [-0.39, 0.29) is 6.61 Å². The Kier molecular flexibility index (Phi) is 8.97. The number of benzene rings is 1. The number of nitrogens with zero attached hydrogens (tertiary/aromatic N) is 3. The molecule has 0 N–H and O–H groups in total. The van der Waals surface area contributed by atoms with Gasteiger partial charge >= 0.3 is 17.9 Å². The SMILES string of the molecule is CC(=O)OCC1O[C@H](Sc2cccc(Br)c2)C(OC(C)=O)[C@@H](N=[N+]=[N-])[C@H]1OC(C)=O. The molecule has 162 valence electrons. The number of rotatable bonds is 7. The van der Waals surface area contributed by atoms with E-state index in [0.29, 0.717) is 0 Å². The number of hydrogen-bond donors (Lipinski definition) is 0. The summed E-state index contributed by atoms with van der Waals surface area (Å²) in [5.74, 6) is -1.84. The van der Waals surface area contributed by atoms with Crippen molar-refractivity contribution in [1.29, 1.82) is 0 Å². The molecule has 2 unspecified atom stereocenters. The fourth-order valence-corrected chi connectivity index (χ4v) is 4.56. The second-order valence-electron chi connectivity index (χ2n) is 6.26. The van der Waals surface area contributed by atoms with Crippen LogP contribution in [0.25, 0.3) is 10.4 Å². The van der Waals surface area contributed by atoms with Gasteiger partial charge in [0.25, 0.3) is 0 Å². The van der Waals surface area contributed by atoms with Crippen molar-refractivity contribution in [3.63, 3.8) is 0 Å². The molecule has 0 aromatic heterocycles. The van der Waals surface area contributed by atoms with Crippen LogP contribution in [0.1, 0.15) is 20.8 Å². The first-order chi connectivity index (χ1) is 14.2. The lowest BCUT2D eigenvalue weighted by Crippen LogP contribution is -2.59. The number of hydrogen-bond acceptors (Lipinski definition) is 9. The van der Waals surface area contributed by atoms with Crippen LogP contribution in [0.2, 0.25) is 0 Å². The van der Waals surface area contributed by atoms with E-state index in [1.165, 1.54) is 32.5 Å². The average molecular weight is 502 g/mol. The minimum Gasteiger partial charge on any atom is -0.463 e. The zero-order valence-electron chi connectivity index (χ0n) is 16.4. The lowest BCUT2D eigenvalue weighted by Gasteiger charge is -2.43. The Bertz CT molecular complexity index is 849. The maximum Gasteiger partial charge on any atom is 0.303 e. The molecule has 0 spiro atoms. The van der Waals surface area contributed by atoms with E-state index in [1.54, 1.807) is 0 Å². The van der Waals surface area contributed by atoms with E-state index in [9.17, 15) is 14.4 Å². The lowest BCUT2D eigenvalue weighted by atomic mass is 9.97. The number of thioether (sulfide) groups is 1. The summed E-state index contributed by atoms with van der Waals surface area (Å²) in [6, 6.07) is 6.23. The van der Waals surface area contributed by atoms with Gasteiger partial charge in [0, 0.05) is 35.1 Å². The molecule has 1 fully saturated rings. The Hall–Kier alpha value is -2.27. The monoisotopic (exact) mass is 501 g/mol. The maximum atomic E-state index is 11.7. The van der Waals surface area contributed by atoms with Crippen LogP contribution in [0, 0.1) is 0 Å². The highest BCUT2D eigenvalue weighted by molar-refractivity contribution is 9.10. The van der Waals surface area contributed by atoms with Crippen molar-refractivity contribution < 1.29 is 33.3 Å². The van der Waals surface area contributed by atoms with Gasteiger partial charge in [0.2, 0.25) is 0 Å². The molecule has 0 aliphatic carbocycles. The van der Waals surface area contributed by atoms with Crippen molar-refractivity contribution in [3.05, 3.63) is 39.2 Å². The molecule has 0 saturated carbocycles. The molecule has 30 heavy (non-hydrogen) atoms. The smallest absolute Gasteiger partial charge is 0.303 e. The van der Waals surface area contributed by atoms with Gasteiger partial charge in [-0.05, 0) is 23.7 Å². The Morgan fingerprint density at radius 2 is 1.83 bits per heavy atom. The van der Waals surface area contributed by atoms with Crippen LogP contribution in [0.5, 0.6) is 0 Å². The minimum atomic E-state index is -1.12. The molecule has 1 aliphatic heterocycles. The summed E-state index contributed by atoms with van der Waals surface area (Å²) in [6.45, 7) is 3.37. The van der Waals surface area contributed by atoms with E-state index >= 15 is 0 Å².